The molecule has 1 aliphatic heterocycles. The minimum atomic E-state index is -0.336. The van der Waals surface area contributed by atoms with Crippen LogP contribution in [0.2, 0.25) is 0 Å². The van der Waals surface area contributed by atoms with Crippen molar-refractivity contribution in [1.82, 2.24) is 4.90 Å². The van der Waals surface area contributed by atoms with E-state index in [-0.39, 0.29) is 30.2 Å². The summed E-state index contributed by atoms with van der Waals surface area (Å²) in [4.78, 5) is 28.0. The largest absolute Gasteiger partial charge is 0.491 e. The maximum atomic E-state index is 13.4. The van der Waals surface area contributed by atoms with Gasteiger partial charge in [-0.3, -0.25) is 14.5 Å². The number of amides is 2. The average molecular weight is 427 g/mol. The number of hydrogen-bond acceptors (Lipinski definition) is 4. The second-order valence-corrected chi connectivity index (χ2v) is 8.11. The van der Waals surface area contributed by atoms with Gasteiger partial charge < -0.3 is 10.1 Å². The molecule has 1 N–H and O–H groups in total. The van der Waals surface area contributed by atoms with E-state index in [1.165, 1.54) is 4.90 Å². The maximum absolute atomic E-state index is 13.4. The van der Waals surface area contributed by atoms with Crippen LogP contribution < -0.4 is 10.1 Å². The van der Waals surface area contributed by atoms with E-state index in [0.29, 0.717) is 16.8 Å². The summed E-state index contributed by atoms with van der Waals surface area (Å²) in [5, 5.41) is 3.19. The van der Waals surface area contributed by atoms with Crippen molar-refractivity contribution in [1.29, 1.82) is 0 Å². The van der Waals surface area contributed by atoms with Crippen molar-refractivity contribution in [2.45, 2.75) is 33.4 Å². The van der Waals surface area contributed by atoms with Crippen molar-refractivity contribution in [3.05, 3.63) is 101 Å². The lowest BCUT2D eigenvalue weighted by Gasteiger charge is -2.16. The van der Waals surface area contributed by atoms with Gasteiger partial charge in [-0.1, -0.05) is 60.2 Å². The summed E-state index contributed by atoms with van der Waals surface area (Å²) in [5.41, 5.74) is 4.11. The van der Waals surface area contributed by atoms with Gasteiger partial charge in [-0.2, -0.15) is 0 Å². The maximum Gasteiger partial charge on any atom is 0.278 e. The third-order valence-electron chi connectivity index (χ3n) is 5.19. The number of hydrogen-bond donors (Lipinski definition) is 1. The summed E-state index contributed by atoms with van der Waals surface area (Å²) in [7, 11) is 0. The predicted molar refractivity (Wildman–Crippen MR) is 126 cm³/mol. The van der Waals surface area contributed by atoms with Crippen molar-refractivity contribution < 1.29 is 14.3 Å². The number of nitrogens with zero attached hydrogens (tertiary/aromatic N) is 1. The second kappa shape index (κ2) is 9.10. The predicted octanol–water partition coefficient (Wildman–Crippen LogP) is 5.17. The van der Waals surface area contributed by atoms with Gasteiger partial charge in [0.15, 0.2) is 0 Å². The molecule has 3 aromatic rings. The van der Waals surface area contributed by atoms with E-state index in [0.717, 1.165) is 16.9 Å². The molecule has 0 radical (unpaired) electrons. The summed E-state index contributed by atoms with van der Waals surface area (Å²) >= 11 is 0. The molecule has 0 aromatic heterocycles. The van der Waals surface area contributed by atoms with E-state index in [1.807, 2.05) is 99.6 Å². The molecule has 2 amide bonds. The Labute approximate surface area is 188 Å². The van der Waals surface area contributed by atoms with Gasteiger partial charge in [-0.05, 0) is 56.2 Å². The zero-order valence-electron chi connectivity index (χ0n) is 18.5. The molecule has 0 saturated carbocycles. The van der Waals surface area contributed by atoms with Crippen LogP contribution in [0.4, 0.5) is 5.69 Å². The molecule has 0 saturated heterocycles. The molecule has 0 spiro atoms. The van der Waals surface area contributed by atoms with Crippen LogP contribution in [-0.2, 0) is 16.1 Å². The minimum Gasteiger partial charge on any atom is -0.491 e. The average Bonchev–Trinajstić information content (AvgIpc) is 3.01. The number of aryl methyl sites for hydroxylation is 1. The lowest BCUT2D eigenvalue weighted by Crippen LogP contribution is -2.32. The van der Waals surface area contributed by atoms with E-state index < -0.39 is 0 Å². The molecule has 5 nitrogen and oxygen atoms in total. The number of imide groups is 1. The van der Waals surface area contributed by atoms with Crippen LogP contribution in [0.25, 0.3) is 5.57 Å². The molecule has 0 atom stereocenters. The van der Waals surface area contributed by atoms with Gasteiger partial charge in [0.25, 0.3) is 11.8 Å². The van der Waals surface area contributed by atoms with Crippen molar-refractivity contribution in [3.8, 4) is 5.75 Å². The summed E-state index contributed by atoms with van der Waals surface area (Å²) < 4.78 is 5.69. The first-order valence-electron chi connectivity index (χ1n) is 10.7. The van der Waals surface area contributed by atoms with Crippen LogP contribution in [0, 0.1) is 6.92 Å². The Balaban J connectivity index is 1.65. The molecule has 0 bridgehead atoms. The van der Waals surface area contributed by atoms with Gasteiger partial charge in [-0.25, -0.2) is 0 Å². The molecule has 1 heterocycles. The zero-order chi connectivity index (χ0) is 22.7. The Morgan fingerprint density at radius 1 is 0.844 bits per heavy atom. The third kappa shape index (κ3) is 4.57. The Bertz CT molecular complexity index is 1150. The van der Waals surface area contributed by atoms with E-state index in [2.05, 4.69) is 5.32 Å². The Hall–Kier alpha value is -3.86. The number of rotatable bonds is 7. The molecule has 162 valence electrons. The first kappa shape index (κ1) is 21.4. The Morgan fingerprint density at radius 3 is 2.12 bits per heavy atom. The van der Waals surface area contributed by atoms with Gasteiger partial charge in [0.1, 0.15) is 11.4 Å². The number of ether oxygens (including phenoxy) is 1. The smallest absolute Gasteiger partial charge is 0.278 e. The fourth-order valence-corrected chi connectivity index (χ4v) is 3.62. The normalized spacial score (nSPS) is 13.8. The number of anilines is 1. The number of carbonyl (C=O) groups excluding carboxylic acids is 2. The molecule has 5 heteroatoms. The summed E-state index contributed by atoms with van der Waals surface area (Å²) in [6.45, 7) is 6.16. The molecular weight excluding hydrogens is 400 g/mol. The van der Waals surface area contributed by atoms with Gasteiger partial charge in [0.2, 0.25) is 0 Å². The standard InChI is InChI=1S/C27H26N2O3/c1-18(2)32-23-15-13-22(14-16-23)28-25-24(21-7-5-4-6-8-21)26(30)29(27(25)31)17-20-11-9-19(3)10-12-20/h4-16,18,28H,17H2,1-3H3. The summed E-state index contributed by atoms with van der Waals surface area (Å²) in [6.07, 6.45) is 0.0746. The molecule has 1 aliphatic rings. The van der Waals surface area contributed by atoms with Gasteiger partial charge in [-0.15, -0.1) is 0 Å². The van der Waals surface area contributed by atoms with Gasteiger partial charge in [0.05, 0.1) is 18.2 Å². The van der Waals surface area contributed by atoms with Crippen molar-refractivity contribution in [3.63, 3.8) is 0 Å². The van der Waals surface area contributed by atoms with Crippen LogP contribution >= 0.6 is 0 Å². The SMILES string of the molecule is Cc1ccc(CN2C(=O)C(Nc3ccc(OC(C)C)cc3)=C(c3ccccc3)C2=O)cc1. The van der Waals surface area contributed by atoms with E-state index >= 15 is 0 Å². The van der Waals surface area contributed by atoms with E-state index in [4.69, 9.17) is 4.74 Å². The zero-order valence-corrected chi connectivity index (χ0v) is 18.5. The lowest BCUT2D eigenvalue weighted by atomic mass is 10.0. The summed E-state index contributed by atoms with van der Waals surface area (Å²) in [6, 6.07) is 24.5. The molecule has 4 rings (SSSR count). The highest BCUT2D eigenvalue weighted by atomic mass is 16.5. The van der Waals surface area contributed by atoms with E-state index in [1.54, 1.807) is 0 Å². The lowest BCUT2D eigenvalue weighted by molar-refractivity contribution is -0.137. The van der Waals surface area contributed by atoms with Crippen molar-refractivity contribution in [2.24, 2.45) is 0 Å². The fourth-order valence-electron chi connectivity index (χ4n) is 3.62. The second-order valence-electron chi connectivity index (χ2n) is 8.11. The molecule has 3 aromatic carbocycles. The van der Waals surface area contributed by atoms with Gasteiger partial charge >= 0.3 is 0 Å². The first-order valence-corrected chi connectivity index (χ1v) is 10.7. The summed E-state index contributed by atoms with van der Waals surface area (Å²) in [5.74, 6) is 0.110. The van der Waals surface area contributed by atoms with Crippen LogP contribution in [0.5, 0.6) is 5.75 Å². The monoisotopic (exact) mass is 426 g/mol. The van der Waals surface area contributed by atoms with Crippen LogP contribution in [-0.4, -0.2) is 22.8 Å². The third-order valence-corrected chi connectivity index (χ3v) is 5.19. The number of nitrogens with one attached hydrogen (secondary N) is 1. The molecule has 0 fully saturated rings. The molecule has 32 heavy (non-hydrogen) atoms. The fraction of sp³-hybridized carbons (Fsp3) is 0.185. The highest BCUT2D eigenvalue weighted by Crippen LogP contribution is 2.32. The van der Waals surface area contributed by atoms with Crippen LogP contribution in [0.15, 0.2) is 84.6 Å². The first-order chi connectivity index (χ1) is 15.4. The highest BCUT2D eigenvalue weighted by molar-refractivity contribution is 6.36. The molecular formula is C27H26N2O3. The number of carbonyl (C=O) groups is 2. The van der Waals surface area contributed by atoms with Crippen LogP contribution in [0.1, 0.15) is 30.5 Å². The Morgan fingerprint density at radius 2 is 1.50 bits per heavy atom. The number of benzene rings is 3. The highest BCUT2D eigenvalue weighted by Gasteiger charge is 2.39. The minimum absolute atomic E-state index is 0.0746. The van der Waals surface area contributed by atoms with Crippen molar-refractivity contribution in [2.75, 3.05) is 5.32 Å². The van der Waals surface area contributed by atoms with E-state index in [9.17, 15) is 9.59 Å². The quantitative estimate of drug-likeness (QED) is 0.529. The van der Waals surface area contributed by atoms with Crippen molar-refractivity contribution >= 4 is 23.1 Å². The molecule has 0 unspecified atom stereocenters. The molecule has 0 aliphatic carbocycles. The Kier molecular flexibility index (Phi) is 6.08. The van der Waals surface area contributed by atoms with Gasteiger partial charge in [0, 0.05) is 5.69 Å². The van der Waals surface area contributed by atoms with Crippen LogP contribution in [0.3, 0.4) is 0 Å². The topological polar surface area (TPSA) is 58.6 Å².